The first kappa shape index (κ1) is 14.5. The maximum Gasteiger partial charge on any atom is 0.244 e. The molecule has 0 aliphatic heterocycles. The largest absolute Gasteiger partial charge is 0.373 e. The molecule has 0 aliphatic carbocycles. The highest BCUT2D eigenvalue weighted by atomic mass is 32.2. The number of anilines is 1. The summed E-state index contributed by atoms with van der Waals surface area (Å²) in [4.78, 5) is 8.30. The predicted molar refractivity (Wildman–Crippen MR) is 75.6 cm³/mol. The minimum Gasteiger partial charge on any atom is -0.373 e. The van der Waals surface area contributed by atoms with Crippen molar-refractivity contribution in [2.75, 3.05) is 19.4 Å². The van der Waals surface area contributed by atoms with E-state index in [-0.39, 0.29) is 11.4 Å². The van der Waals surface area contributed by atoms with Crippen LogP contribution in [-0.4, -0.2) is 41.4 Å². The van der Waals surface area contributed by atoms with Gasteiger partial charge in [0.15, 0.2) is 0 Å². The van der Waals surface area contributed by atoms with Gasteiger partial charge in [0.05, 0.1) is 6.54 Å². The number of sulfonamides is 1. The molecule has 0 saturated carbocycles. The Hall–Kier alpha value is -1.93. The molecule has 2 rings (SSSR count). The molecule has 0 aliphatic rings. The van der Waals surface area contributed by atoms with Crippen molar-refractivity contribution in [1.29, 1.82) is 0 Å². The minimum atomic E-state index is -3.57. The molecule has 8 heteroatoms. The summed E-state index contributed by atoms with van der Waals surface area (Å²) in [6.07, 6.45) is 4.76. The van der Waals surface area contributed by atoms with Crippen molar-refractivity contribution in [3.63, 3.8) is 0 Å². The zero-order chi connectivity index (χ0) is 14.8. The number of hydrogen-bond acceptors (Lipinski definition) is 5. The van der Waals surface area contributed by atoms with Crippen LogP contribution in [0.4, 0.5) is 5.82 Å². The maximum absolute atomic E-state index is 12.4. The Morgan fingerprint density at radius 3 is 2.60 bits per heavy atom. The zero-order valence-corrected chi connectivity index (χ0v) is 12.4. The van der Waals surface area contributed by atoms with Crippen LogP contribution in [0.25, 0.3) is 0 Å². The Kier molecular flexibility index (Phi) is 4.05. The van der Waals surface area contributed by atoms with Crippen LogP contribution in [0.2, 0.25) is 0 Å². The Morgan fingerprint density at radius 2 is 2.10 bits per heavy atom. The Balaban J connectivity index is 2.22. The fourth-order valence-electron chi connectivity index (χ4n) is 1.69. The predicted octanol–water partition coefficient (Wildman–Crippen LogP) is 0.677. The van der Waals surface area contributed by atoms with Crippen LogP contribution >= 0.6 is 0 Å². The second-order valence-corrected chi connectivity index (χ2v) is 6.39. The van der Waals surface area contributed by atoms with E-state index in [1.165, 1.54) is 23.6 Å². The number of nitrogens with one attached hydrogen (secondary N) is 1. The van der Waals surface area contributed by atoms with Crippen LogP contribution in [0.15, 0.2) is 35.6 Å². The van der Waals surface area contributed by atoms with Gasteiger partial charge < -0.3 is 9.88 Å². The van der Waals surface area contributed by atoms with Crippen LogP contribution in [0.1, 0.15) is 5.82 Å². The standard InChI is InChI=1S/C12H17N5O2S/c1-13-11-5-4-10(8-15-11)20(18,19)17(3)9-12-14-6-7-16(12)2/h4-8H,9H2,1-3H3,(H,13,15). The minimum absolute atomic E-state index is 0.160. The van der Waals surface area contributed by atoms with Gasteiger partial charge >= 0.3 is 0 Å². The lowest BCUT2D eigenvalue weighted by atomic mass is 10.5. The van der Waals surface area contributed by atoms with Gasteiger partial charge in [0.1, 0.15) is 16.5 Å². The van der Waals surface area contributed by atoms with Crippen LogP contribution < -0.4 is 5.32 Å². The van der Waals surface area contributed by atoms with Crippen LogP contribution in [0, 0.1) is 0 Å². The molecule has 108 valence electrons. The average molecular weight is 295 g/mol. The van der Waals surface area contributed by atoms with Crippen LogP contribution in [0.5, 0.6) is 0 Å². The van der Waals surface area contributed by atoms with Gasteiger partial charge in [-0.3, -0.25) is 0 Å². The third kappa shape index (κ3) is 2.81. The zero-order valence-electron chi connectivity index (χ0n) is 11.6. The van der Waals surface area contributed by atoms with Gasteiger partial charge in [-0.1, -0.05) is 0 Å². The Labute approximate surface area is 118 Å². The summed E-state index contributed by atoms with van der Waals surface area (Å²) >= 11 is 0. The molecule has 0 radical (unpaired) electrons. The molecule has 7 nitrogen and oxygen atoms in total. The van der Waals surface area contributed by atoms with Crippen molar-refractivity contribution in [3.05, 3.63) is 36.5 Å². The lowest BCUT2D eigenvalue weighted by molar-refractivity contribution is 0.451. The monoisotopic (exact) mass is 295 g/mol. The summed E-state index contributed by atoms with van der Waals surface area (Å²) in [5, 5.41) is 2.85. The molecule has 2 heterocycles. The molecule has 0 bridgehead atoms. The number of aryl methyl sites for hydroxylation is 1. The van der Waals surface area contributed by atoms with Gasteiger partial charge in [-0.05, 0) is 12.1 Å². The number of imidazole rings is 1. The quantitative estimate of drug-likeness (QED) is 0.877. The highest BCUT2D eigenvalue weighted by Crippen LogP contribution is 2.16. The normalized spacial score (nSPS) is 11.8. The lowest BCUT2D eigenvalue weighted by Crippen LogP contribution is -2.27. The van der Waals surface area contributed by atoms with Gasteiger partial charge in [-0.15, -0.1) is 0 Å². The third-order valence-electron chi connectivity index (χ3n) is 2.99. The second kappa shape index (κ2) is 5.59. The molecule has 0 aromatic carbocycles. The summed E-state index contributed by atoms with van der Waals surface area (Å²) in [5.74, 6) is 1.30. The number of hydrogen-bond donors (Lipinski definition) is 1. The van der Waals surface area contributed by atoms with Crippen LogP contribution in [0.3, 0.4) is 0 Å². The van der Waals surface area contributed by atoms with E-state index in [2.05, 4.69) is 15.3 Å². The molecule has 0 unspecified atom stereocenters. The van der Waals surface area contributed by atoms with Gasteiger partial charge in [0, 0.05) is 39.7 Å². The van der Waals surface area contributed by atoms with Crippen molar-refractivity contribution in [1.82, 2.24) is 18.8 Å². The van der Waals surface area contributed by atoms with E-state index < -0.39 is 10.0 Å². The molecule has 0 atom stereocenters. The van der Waals surface area contributed by atoms with Crippen molar-refractivity contribution in [3.8, 4) is 0 Å². The van der Waals surface area contributed by atoms with E-state index in [0.717, 1.165) is 0 Å². The number of aromatic nitrogens is 3. The third-order valence-corrected chi connectivity index (χ3v) is 4.77. The van der Waals surface area contributed by atoms with Gasteiger partial charge in [-0.25, -0.2) is 18.4 Å². The van der Waals surface area contributed by atoms with Gasteiger partial charge in [-0.2, -0.15) is 4.31 Å². The summed E-state index contributed by atoms with van der Waals surface area (Å²) in [6, 6.07) is 3.16. The molecule has 20 heavy (non-hydrogen) atoms. The molecular weight excluding hydrogens is 278 g/mol. The molecule has 1 N–H and O–H groups in total. The van der Waals surface area contributed by atoms with E-state index in [1.54, 1.807) is 30.1 Å². The first-order valence-electron chi connectivity index (χ1n) is 6.01. The fraction of sp³-hybridized carbons (Fsp3) is 0.333. The summed E-state index contributed by atoms with van der Waals surface area (Å²) in [7, 11) is 1.51. The van der Waals surface area contributed by atoms with E-state index in [9.17, 15) is 8.42 Å². The second-order valence-electron chi connectivity index (χ2n) is 4.34. The smallest absolute Gasteiger partial charge is 0.244 e. The van der Waals surface area contributed by atoms with Crippen molar-refractivity contribution < 1.29 is 8.42 Å². The number of nitrogens with zero attached hydrogens (tertiary/aromatic N) is 4. The molecule has 0 amide bonds. The molecule has 2 aromatic rings. The van der Waals surface area contributed by atoms with Gasteiger partial charge in [0.2, 0.25) is 10.0 Å². The van der Waals surface area contributed by atoms with E-state index in [4.69, 9.17) is 0 Å². The summed E-state index contributed by atoms with van der Waals surface area (Å²) in [6.45, 7) is 0.208. The number of pyridine rings is 1. The van der Waals surface area contributed by atoms with Crippen LogP contribution in [-0.2, 0) is 23.6 Å². The fourth-order valence-corrected chi connectivity index (χ4v) is 2.76. The first-order valence-corrected chi connectivity index (χ1v) is 7.45. The van der Waals surface area contributed by atoms with E-state index in [0.29, 0.717) is 11.6 Å². The van der Waals surface area contributed by atoms with E-state index in [1.807, 2.05) is 7.05 Å². The number of rotatable bonds is 5. The molecule has 0 spiro atoms. The molecular formula is C12H17N5O2S. The SMILES string of the molecule is CNc1ccc(S(=O)(=O)N(C)Cc2nccn2C)cn1. The summed E-state index contributed by atoms with van der Waals surface area (Å²) < 4.78 is 27.8. The Bertz CT molecular complexity index is 678. The molecule has 0 fully saturated rings. The summed E-state index contributed by atoms with van der Waals surface area (Å²) in [5.41, 5.74) is 0. The van der Waals surface area contributed by atoms with Crippen molar-refractivity contribution in [2.45, 2.75) is 11.4 Å². The molecule has 2 aromatic heterocycles. The highest BCUT2D eigenvalue weighted by Gasteiger charge is 2.22. The highest BCUT2D eigenvalue weighted by molar-refractivity contribution is 7.89. The average Bonchev–Trinajstić information content (AvgIpc) is 2.84. The van der Waals surface area contributed by atoms with Gasteiger partial charge in [0.25, 0.3) is 0 Å². The lowest BCUT2D eigenvalue weighted by Gasteiger charge is -2.16. The Morgan fingerprint density at radius 1 is 1.35 bits per heavy atom. The topological polar surface area (TPSA) is 80.1 Å². The van der Waals surface area contributed by atoms with Crippen molar-refractivity contribution in [2.24, 2.45) is 7.05 Å². The van der Waals surface area contributed by atoms with E-state index >= 15 is 0 Å². The maximum atomic E-state index is 12.4. The molecule has 0 saturated heterocycles. The first-order chi connectivity index (χ1) is 9.45. The van der Waals surface area contributed by atoms with Crippen molar-refractivity contribution >= 4 is 15.8 Å².